The topological polar surface area (TPSA) is 74.4 Å². The number of nitrogens with one attached hydrogen (secondary N) is 1. The van der Waals surface area contributed by atoms with Crippen molar-refractivity contribution in [3.05, 3.63) is 35.7 Å². The van der Waals surface area contributed by atoms with Crippen molar-refractivity contribution in [3.8, 4) is 0 Å². The Morgan fingerprint density at radius 2 is 2.14 bits per heavy atom. The molecule has 1 heterocycles. The number of H-pyrrole nitrogens is 1. The molecule has 6 heteroatoms. The normalized spacial score (nSPS) is 11.3. The molecule has 2 N–H and O–H groups in total. The first kappa shape index (κ1) is 11.0. The quantitative estimate of drug-likeness (QED) is 0.276. The molecule has 0 saturated heterocycles. The summed E-state index contributed by atoms with van der Waals surface area (Å²) in [5.41, 5.74) is 1.14. The third-order valence-electron chi connectivity index (χ3n) is 1.85. The molecule has 0 aliphatic rings. The van der Waals surface area contributed by atoms with Crippen LogP contribution in [-0.2, 0) is 0 Å². The zero-order valence-corrected chi connectivity index (χ0v) is 9.64. The predicted octanol–water partition coefficient (Wildman–Crippen LogP) is -0.732. The molecule has 1 aromatic heterocycles. The van der Waals surface area contributed by atoms with Gasteiger partial charge in [0, 0.05) is 0 Å². The summed E-state index contributed by atoms with van der Waals surface area (Å²) in [5, 5.41) is 22.5. The minimum Gasteiger partial charge on any atom is -1.00 e. The molecule has 0 aliphatic heterocycles. The largest absolute Gasteiger partial charge is 1.00 e. The Morgan fingerprint density at radius 1 is 1.43 bits per heavy atom. The average Bonchev–Trinajstić information content (AvgIpc) is 2.60. The number of nitrogens with zero attached hydrogens (tertiary/aromatic N) is 2. The fourth-order valence-corrected chi connectivity index (χ4v) is 1.26. The third kappa shape index (κ3) is 1.75. The van der Waals surface area contributed by atoms with Gasteiger partial charge >= 0.3 is 29.6 Å². The van der Waals surface area contributed by atoms with Gasteiger partial charge in [0.15, 0.2) is 0 Å². The van der Waals surface area contributed by atoms with Crippen molar-refractivity contribution in [3.63, 3.8) is 0 Å². The molecule has 0 unspecified atom stereocenters. The van der Waals surface area contributed by atoms with E-state index in [0.717, 1.165) is 10.9 Å². The number of aromatic amines is 1. The number of aromatic nitrogens is 1. The summed E-state index contributed by atoms with van der Waals surface area (Å²) in [6, 6.07) is 7.28. The first-order valence-electron chi connectivity index (χ1n) is 3.71. The van der Waals surface area contributed by atoms with Crippen molar-refractivity contribution >= 4 is 16.6 Å². The molecule has 2 aromatic rings. The number of para-hydroxylation sites is 1. The summed E-state index contributed by atoms with van der Waals surface area (Å²) >= 11 is 0. The van der Waals surface area contributed by atoms with Gasteiger partial charge in [0.05, 0.1) is 17.1 Å². The average molecular weight is 201 g/mol. The van der Waals surface area contributed by atoms with E-state index < -0.39 is 0 Å². The molecule has 2 rings (SSSR count). The van der Waals surface area contributed by atoms with Crippen molar-refractivity contribution in [2.75, 3.05) is 0 Å². The molecule has 0 atom stereocenters. The van der Waals surface area contributed by atoms with E-state index in [1.807, 2.05) is 18.2 Å². The number of rotatable bonds is 1. The second kappa shape index (κ2) is 4.45. The van der Waals surface area contributed by atoms with Crippen molar-refractivity contribution in [1.82, 2.24) is 4.98 Å². The van der Waals surface area contributed by atoms with E-state index in [-0.39, 0.29) is 35.8 Å². The zero-order valence-electron chi connectivity index (χ0n) is 8.64. The monoisotopic (exact) mass is 201 g/mol. The fraction of sp³-hybridized carbons (Fsp3) is 0. The van der Waals surface area contributed by atoms with E-state index in [1.165, 1.54) is 6.20 Å². The molecule has 0 aliphatic carbocycles. The van der Waals surface area contributed by atoms with E-state index in [9.17, 15) is 5.21 Å². The van der Waals surface area contributed by atoms with Crippen LogP contribution in [0.5, 0.6) is 0 Å². The standard InChI is InChI=1S/C8H7N3O2.Na.H/c12-10-11(13)8-5-9-7-4-2-1-3-6(7)8;;/h1-5,9,12H;;/q;+1;-1. The summed E-state index contributed by atoms with van der Waals surface area (Å²) < 4.78 is 0. The molecule has 0 amide bonds. The van der Waals surface area contributed by atoms with Gasteiger partial charge in [-0.3, -0.25) is 0 Å². The Bertz CT molecular complexity index is 472. The van der Waals surface area contributed by atoms with Crippen molar-refractivity contribution < 1.29 is 41.1 Å². The number of hydrogen-bond acceptors (Lipinski definition) is 2. The maximum atomic E-state index is 11.0. The van der Waals surface area contributed by atoms with Crippen molar-refractivity contribution in [2.45, 2.75) is 0 Å². The van der Waals surface area contributed by atoms with Crippen LogP contribution in [-0.4, -0.2) is 15.1 Å². The number of benzene rings is 1. The van der Waals surface area contributed by atoms with E-state index in [1.54, 1.807) is 6.07 Å². The Balaban J connectivity index is 0.000000980. The molecule has 5 nitrogen and oxygen atoms in total. The van der Waals surface area contributed by atoms with Crippen molar-refractivity contribution in [2.24, 2.45) is 5.28 Å². The van der Waals surface area contributed by atoms with Gasteiger partial charge < -0.3 is 16.8 Å². The van der Waals surface area contributed by atoms with Crippen LogP contribution in [0.1, 0.15) is 1.43 Å². The van der Waals surface area contributed by atoms with Gasteiger partial charge in [-0.2, -0.15) is 0 Å². The van der Waals surface area contributed by atoms with E-state index >= 15 is 0 Å². The molecule has 0 bridgehead atoms. The van der Waals surface area contributed by atoms with Crippen LogP contribution in [0, 0.1) is 5.21 Å². The van der Waals surface area contributed by atoms with Gasteiger partial charge in [-0.15, -0.1) is 0 Å². The Morgan fingerprint density at radius 3 is 2.86 bits per heavy atom. The van der Waals surface area contributed by atoms with Crippen LogP contribution < -0.4 is 29.6 Å². The Labute approximate surface area is 103 Å². The van der Waals surface area contributed by atoms with Crippen LogP contribution in [0.15, 0.2) is 35.7 Å². The molecular weight excluding hydrogens is 193 g/mol. The van der Waals surface area contributed by atoms with Gasteiger partial charge in [-0.25, -0.2) is 0 Å². The summed E-state index contributed by atoms with van der Waals surface area (Å²) in [6.45, 7) is 0. The summed E-state index contributed by atoms with van der Waals surface area (Å²) in [6.07, 6.45) is 1.50. The Kier molecular flexibility index (Phi) is 3.51. The van der Waals surface area contributed by atoms with Gasteiger partial charge in [0.1, 0.15) is 0 Å². The Hall–Kier alpha value is -1.04. The van der Waals surface area contributed by atoms with Gasteiger partial charge in [-0.1, -0.05) is 12.1 Å². The molecular formula is C8H8N3NaO2. The first-order valence-corrected chi connectivity index (χ1v) is 3.71. The second-order valence-electron chi connectivity index (χ2n) is 2.58. The SMILES string of the molecule is [H-].[Na+].[O-][N+](=NO)c1c[nH]c2ccccc12. The van der Waals surface area contributed by atoms with Crippen LogP contribution in [0.4, 0.5) is 5.69 Å². The molecule has 0 spiro atoms. The fourth-order valence-electron chi connectivity index (χ4n) is 1.26. The zero-order chi connectivity index (χ0) is 9.26. The second-order valence-corrected chi connectivity index (χ2v) is 2.58. The minimum atomic E-state index is 0. The third-order valence-corrected chi connectivity index (χ3v) is 1.85. The molecule has 0 radical (unpaired) electrons. The molecule has 0 fully saturated rings. The van der Waals surface area contributed by atoms with Gasteiger partial charge in [0.2, 0.25) is 5.28 Å². The molecule has 0 saturated carbocycles. The maximum Gasteiger partial charge on any atom is 1.00 e. The van der Waals surface area contributed by atoms with Gasteiger partial charge in [0.25, 0.3) is 5.69 Å². The summed E-state index contributed by atoms with van der Waals surface area (Å²) in [7, 11) is 0. The molecule has 68 valence electrons. The maximum absolute atomic E-state index is 11.0. The summed E-state index contributed by atoms with van der Waals surface area (Å²) in [5.74, 6) is 0. The van der Waals surface area contributed by atoms with Crippen molar-refractivity contribution in [1.29, 1.82) is 0 Å². The van der Waals surface area contributed by atoms with Crippen LogP contribution in [0.3, 0.4) is 0 Å². The molecule has 14 heavy (non-hydrogen) atoms. The van der Waals surface area contributed by atoms with Gasteiger partial charge in [-0.05, 0) is 17.0 Å². The van der Waals surface area contributed by atoms with Crippen LogP contribution in [0.25, 0.3) is 10.9 Å². The summed E-state index contributed by atoms with van der Waals surface area (Å²) in [4.78, 5) is 3.06. The van der Waals surface area contributed by atoms with Crippen LogP contribution >= 0.6 is 0 Å². The first-order chi connectivity index (χ1) is 6.33. The smallest absolute Gasteiger partial charge is 1.00 e. The number of fused-ring (bicyclic) bond motifs is 1. The minimum absolute atomic E-state index is 0. The van der Waals surface area contributed by atoms with E-state index in [4.69, 9.17) is 5.21 Å². The predicted molar refractivity (Wildman–Crippen MR) is 46.9 cm³/mol. The van der Waals surface area contributed by atoms with Crippen LogP contribution in [0.2, 0.25) is 0 Å². The number of hydrogen-bond donors (Lipinski definition) is 2. The van der Waals surface area contributed by atoms with E-state index in [2.05, 4.69) is 10.3 Å². The van der Waals surface area contributed by atoms with E-state index in [0.29, 0.717) is 5.69 Å². The molecule has 1 aromatic carbocycles.